The normalized spacial score (nSPS) is 15.9. The van der Waals surface area contributed by atoms with Crippen LogP contribution in [-0.2, 0) is 22.6 Å². The highest BCUT2D eigenvalue weighted by atomic mass is 16.5. The van der Waals surface area contributed by atoms with Crippen LogP contribution < -0.4 is 15.0 Å². The summed E-state index contributed by atoms with van der Waals surface area (Å²) in [5, 5.41) is 2.89. The number of anilines is 1. The van der Waals surface area contributed by atoms with Crippen molar-refractivity contribution in [2.24, 2.45) is 0 Å². The fourth-order valence-corrected chi connectivity index (χ4v) is 3.45. The predicted molar refractivity (Wildman–Crippen MR) is 105 cm³/mol. The third-order valence-corrected chi connectivity index (χ3v) is 4.93. The zero-order valence-corrected chi connectivity index (χ0v) is 15.1. The summed E-state index contributed by atoms with van der Waals surface area (Å²) in [4.78, 5) is 25.7. The molecule has 138 valence electrons. The summed E-state index contributed by atoms with van der Waals surface area (Å²) in [6.45, 7) is 1.97. The molecule has 2 heterocycles. The smallest absolute Gasteiger partial charge is 0.244 e. The molecule has 2 aliphatic rings. The molecule has 0 saturated carbocycles. The lowest BCUT2D eigenvalue weighted by Gasteiger charge is -2.15. The van der Waals surface area contributed by atoms with Crippen molar-refractivity contribution in [2.75, 3.05) is 18.1 Å². The standard InChI is InChI=1S/C22H22N2O3/c25-21(10-6-16-5-9-20-18(14-16)11-13-27-20)23-15-17-3-7-19(8-4-17)24-12-1-2-22(24)26/h3-10,14H,1-2,11-13,15H2,(H,23,25)/b10-6+. The van der Waals surface area contributed by atoms with Crippen molar-refractivity contribution in [3.05, 3.63) is 65.2 Å². The van der Waals surface area contributed by atoms with Crippen molar-refractivity contribution < 1.29 is 14.3 Å². The van der Waals surface area contributed by atoms with E-state index in [1.807, 2.05) is 47.4 Å². The summed E-state index contributed by atoms with van der Waals surface area (Å²) in [6.07, 6.45) is 5.83. The maximum atomic E-state index is 12.1. The van der Waals surface area contributed by atoms with E-state index < -0.39 is 0 Å². The van der Waals surface area contributed by atoms with Gasteiger partial charge in [-0.15, -0.1) is 0 Å². The Morgan fingerprint density at radius 1 is 1.15 bits per heavy atom. The largest absolute Gasteiger partial charge is 0.493 e. The van der Waals surface area contributed by atoms with E-state index in [0.29, 0.717) is 13.0 Å². The Labute approximate surface area is 158 Å². The summed E-state index contributed by atoms with van der Waals surface area (Å²) in [5.41, 5.74) is 4.11. The zero-order chi connectivity index (χ0) is 18.6. The van der Waals surface area contributed by atoms with Crippen LogP contribution in [0.2, 0.25) is 0 Å². The van der Waals surface area contributed by atoms with E-state index >= 15 is 0 Å². The van der Waals surface area contributed by atoms with E-state index in [4.69, 9.17) is 4.74 Å². The first-order chi connectivity index (χ1) is 13.2. The molecule has 27 heavy (non-hydrogen) atoms. The van der Waals surface area contributed by atoms with Crippen LogP contribution in [0.1, 0.15) is 29.5 Å². The maximum Gasteiger partial charge on any atom is 0.244 e. The van der Waals surface area contributed by atoms with Crippen molar-refractivity contribution in [2.45, 2.75) is 25.8 Å². The van der Waals surface area contributed by atoms with Crippen LogP contribution in [0.4, 0.5) is 5.69 Å². The van der Waals surface area contributed by atoms with Gasteiger partial charge in [0.1, 0.15) is 5.75 Å². The lowest BCUT2D eigenvalue weighted by atomic mass is 10.1. The first kappa shape index (κ1) is 17.3. The molecule has 0 bridgehead atoms. The molecule has 2 aromatic carbocycles. The van der Waals surface area contributed by atoms with Gasteiger partial charge in [-0.05, 0) is 53.5 Å². The number of ether oxygens (including phenoxy) is 1. The lowest BCUT2D eigenvalue weighted by molar-refractivity contribution is -0.117. The molecule has 0 aromatic heterocycles. The molecule has 1 fully saturated rings. The van der Waals surface area contributed by atoms with E-state index in [-0.39, 0.29) is 11.8 Å². The first-order valence-electron chi connectivity index (χ1n) is 9.30. The summed E-state index contributed by atoms with van der Waals surface area (Å²) in [5.74, 6) is 0.987. The van der Waals surface area contributed by atoms with Gasteiger partial charge in [-0.25, -0.2) is 0 Å². The minimum atomic E-state index is -0.134. The van der Waals surface area contributed by atoms with Crippen molar-refractivity contribution in [1.82, 2.24) is 5.32 Å². The van der Waals surface area contributed by atoms with Gasteiger partial charge in [0.2, 0.25) is 11.8 Å². The Morgan fingerprint density at radius 2 is 2.00 bits per heavy atom. The number of hydrogen-bond acceptors (Lipinski definition) is 3. The van der Waals surface area contributed by atoms with Crippen LogP contribution in [-0.4, -0.2) is 25.0 Å². The van der Waals surface area contributed by atoms with Gasteiger partial charge in [-0.2, -0.15) is 0 Å². The molecule has 2 aliphatic heterocycles. The molecule has 0 aliphatic carbocycles. The molecule has 2 aromatic rings. The number of nitrogens with one attached hydrogen (secondary N) is 1. The van der Waals surface area contributed by atoms with Gasteiger partial charge in [0.25, 0.3) is 0 Å². The predicted octanol–water partition coefficient (Wildman–Crippen LogP) is 3.08. The second-order valence-corrected chi connectivity index (χ2v) is 6.83. The van der Waals surface area contributed by atoms with Gasteiger partial charge in [0.05, 0.1) is 6.61 Å². The topological polar surface area (TPSA) is 58.6 Å². The summed E-state index contributed by atoms with van der Waals surface area (Å²) in [6, 6.07) is 13.7. The van der Waals surface area contributed by atoms with E-state index in [1.54, 1.807) is 6.08 Å². The van der Waals surface area contributed by atoms with E-state index in [0.717, 1.165) is 48.6 Å². The van der Waals surface area contributed by atoms with Crippen LogP contribution in [0.15, 0.2) is 48.5 Å². The van der Waals surface area contributed by atoms with Crippen LogP contribution in [0.5, 0.6) is 5.75 Å². The van der Waals surface area contributed by atoms with E-state index in [9.17, 15) is 9.59 Å². The SMILES string of the molecule is O=C(/C=C/c1ccc2c(c1)CCO2)NCc1ccc(N2CCCC2=O)cc1. The van der Waals surface area contributed by atoms with E-state index in [2.05, 4.69) is 11.4 Å². The molecule has 5 heteroatoms. The number of rotatable bonds is 5. The third kappa shape index (κ3) is 4.03. The molecule has 0 unspecified atom stereocenters. The molecule has 0 spiro atoms. The Hall–Kier alpha value is -3.08. The molecule has 4 rings (SSSR count). The van der Waals surface area contributed by atoms with Gasteiger partial charge >= 0.3 is 0 Å². The summed E-state index contributed by atoms with van der Waals surface area (Å²) < 4.78 is 5.49. The van der Waals surface area contributed by atoms with Crippen molar-refractivity contribution in [3.8, 4) is 5.75 Å². The third-order valence-electron chi connectivity index (χ3n) is 4.93. The Balaban J connectivity index is 1.30. The van der Waals surface area contributed by atoms with Crippen LogP contribution in [0, 0.1) is 0 Å². The quantitative estimate of drug-likeness (QED) is 0.832. The number of carbonyl (C=O) groups is 2. The number of fused-ring (bicyclic) bond motifs is 1. The molecule has 5 nitrogen and oxygen atoms in total. The molecule has 1 saturated heterocycles. The highest BCUT2D eigenvalue weighted by Crippen LogP contribution is 2.26. The number of nitrogens with zero attached hydrogens (tertiary/aromatic N) is 1. The molecular weight excluding hydrogens is 340 g/mol. The van der Waals surface area contributed by atoms with Gasteiger partial charge < -0.3 is 15.0 Å². The second-order valence-electron chi connectivity index (χ2n) is 6.83. The Morgan fingerprint density at radius 3 is 2.78 bits per heavy atom. The average molecular weight is 362 g/mol. The van der Waals surface area contributed by atoms with Gasteiger partial charge in [-0.1, -0.05) is 18.2 Å². The highest BCUT2D eigenvalue weighted by molar-refractivity contribution is 5.95. The fraction of sp³-hybridized carbons (Fsp3) is 0.273. The van der Waals surface area contributed by atoms with Crippen molar-refractivity contribution >= 4 is 23.6 Å². The Kier molecular flexibility index (Phi) is 4.92. The maximum absolute atomic E-state index is 12.1. The van der Waals surface area contributed by atoms with Crippen molar-refractivity contribution in [3.63, 3.8) is 0 Å². The number of carbonyl (C=O) groups excluding carboxylic acids is 2. The molecule has 2 amide bonds. The highest BCUT2D eigenvalue weighted by Gasteiger charge is 2.21. The monoisotopic (exact) mass is 362 g/mol. The first-order valence-corrected chi connectivity index (χ1v) is 9.30. The molecule has 1 N–H and O–H groups in total. The van der Waals surface area contributed by atoms with Crippen LogP contribution >= 0.6 is 0 Å². The van der Waals surface area contributed by atoms with Gasteiger partial charge in [-0.3, -0.25) is 9.59 Å². The minimum Gasteiger partial charge on any atom is -0.493 e. The average Bonchev–Trinajstić information content (AvgIpc) is 3.33. The summed E-state index contributed by atoms with van der Waals surface area (Å²) >= 11 is 0. The number of hydrogen-bond donors (Lipinski definition) is 1. The molecular formula is C22H22N2O3. The second kappa shape index (κ2) is 7.66. The van der Waals surface area contributed by atoms with Gasteiger partial charge in [0, 0.05) is 37.7 Å². The van der Waals surface area contributed by atoms with Crippen LogP contribution in [0.25, 0.3) is 6.08 Å². The zero-order valence-electron chi connectivity index (χ0n) is 15.1. The van der Waals surface area contributed by atoms with Crippen LogP contribution in [0.3, 0.4) is 0 Å². The van der Waals surface area contributed by atoms with Gasteiger partial charge in [0.15, 0.2) is 0 Å². The summed E-state index contributed by atoms with van der Waals surface area (Å²) in [7, 11) is 0. The van der Waals surface area contributed by atoms with E-state index in [1.165, 1.54) is 5.56 Å². The number of amides is 2. The minimum absolute atomic E-state index is 0.134. The van der Waals surface area contributed by atoms with Crippen molar-refractivity contribution in [1.29, 1.82) is 0 Å². The molecule has 0 radical (unpaired) electrons. The molecule has 0 atom stereocenters. The Bertz CT molecular complexity index is 887. The fourth-order valence-electron chi connectivity index (χ4n) is 3.45. The number of benzene rings is 2. The lowest BCUT2D eigenvalue weighted by Crippen LogP contribution is -2.23.